The lowest BCUT2D eigenvalue weighted by atomic mass is 10.1. The molecule has 0 aliphatic carbocycles. The van der Waals surface area contributed by atoms with Crippen LogP contribution in [0.4, 0.5) is 0 Å². The molecule has 0 radical (unpaired) electrons. The molecular weight excluding hydrogens is 152 g/mol. The number of rotatable bonds is 4. The highest BCUT2D eigenvalue weighted by molar-refractivity contribution is 5.87. The summed E-state index contributed by atoms with van der Waals surface area (Å²) in [6.07, 6.45) is 0.880. The van der Waals surface area contributed by atoms with Crippen molar-refractivity contribution in [1.29, 1.82) is 0 Å². The highest BCUT2D eigenvalue weighted by Gasteiger charge is 2.15. The van der Waals surface area contributed by atoms with E-state index in [-0.39, 0.29) is 12.1 Å². The van der Waals surface area contributed by atoms with Crippen molar-refractivity contribution in [1.82, 2.24) is 0 Å². The van der Waals surface area contributed by atoms with Gasteiger partial charge in [-0.15, -0.1) is 0 Å². The van der Waals surface area contributed by atoms with Crippen LogP contribution < -0.4 is 0 Å². The van der Waals surface area contributed by atoms with Crippen molar-refractivity contribution in [3.8, 4) is 0 Å². The topological polar surface area (TPSA) is 26.3 Å². The maximum atomic E-state index is 11.1. The van der Waals surface area contributed by atoms with Gasteiger partial charge in [0.15, 0.2) is 0 Å². The Morgan fingerprint density at radius 3 is 2.25 bits per heavy atom. The fourth-order valence-electron chi connectivity index (χ4n) is 0.929. The van der Waals surface area contributed by atoms with Crippen molar-refractivity contribution >= 4 is 5.97 Å². The van der Waals surface area contributed by atoms with Gasteiger partial charge in [0.05, 0.1) is 0 Å². The molecule has 70 valence electrons. The van der Waals surface area contributed by atoms with E-state index in [2.05, 4.69) is 6.58 Å². The third-order valence-corrected chi connectivity index (χ3v) is 1.75. The number of carbonyl (C=O) groups excluding carboxylic acids is 1. The Morgan fingerprint density at radius 2 is 2.00 bits per heavy atom. The third-order valence-electron chi connectivity index (χ3n) is 1.75. The molecule has 2 heteroatoms. The normalized spacial score (nSPS) is 12.8. The first kappa shape index (κ1) is 11.2. The molecule has 0 saturated carbocycles. The predicted molar refractivity (Wildman–Crippen MR) is 49.8 cm³/mol. The number of ether oxygens (including phenoxy) is 1. The zero-order valence-electron chi connectivity index (χ0n) is 8.39. The third kappa shape index (κ3) is 3.56. The van der Waals surface area contributed by atoms with E-state index in [9.17, 15) is 4.79 Å². The van der Waals surface area contributed by atoms with Crippen molar-refractivity contribution in [3.63, 3.8) is 0 Å². The molecule has 0 rings (SSSR count). The van der Waals surface area contributed by atoms with Gasteiger partial charge >= 0.3 is 5.97 Å². The van der Waals surface area contributed by atoms with Crippen LogP contribution in [0.3, 0.4) is 0 Å². The molecule has 0 aliphatic heterocycles. The van der Waals surface area contributed by atoms with E-state index >= 15 is 0 Å². The average molecular weight is 170 g/mol. The van der Waals surface area contributed by atoms with Gasteiger partial charge in [0.2, 0.25) is 0 Å². The van der Waals surface area contributed by atoms with Gasteiger partial charge in [-0.25, -0.2) is 4.79 Å². The van der Waals surface area contributed by atoms with Crippen LogP contribution in [-0.4, -0.2) is 12.1 Å². The van der Waals surface area contributed by atoms with Gasteiger partial charge in [-0.3, -0.25) is 0 Å². The number of hydrogen-bond acceptors (Lipinski definition) is 2. The van der Waals surface area contributed by atoms with E-state index in [0.717, 1.165) is 6.42 Å². The first-order valence-corrected chi connectivity index (χ1v) is 4.35. The summed E-state index contributed by atoms with van der Waals surface area (Å²) < 4.78 is 5.18. The van der Waals surface area contributed by atoms with Crippen molar-refractivity contribution in [2.75, 3.05) is 0 Å². The molecule has 12 heavy (non-hydrogen) atoms. The summed E-state index contributed by atoms with van der Waals surface area (Å²) in [4.78, 5) is 11.1. The van der Waals surface area contributed by atoms with Crippen molar-refractivity contribution in [2.45, 2.75) is 40.2 Å². The van der Waals surface area contributed by atoms with Gasteiger partial charge < -0.3 is 4.74 Å². The maximum Gasteiger partial charge on any atom is 0.333 e. The van der Waals surface area contributed by atoms with Crippen LogP contribution in [0.5, 0.6) is 0 Å². The largest absolute Gasteiger partial charge is 0.459 e. The standard InChI is InChI=1S/C10H18O2/c1-6-9(7(2)3)12-10(11)8(4)5/h7,9H,4,6H2,1-3,5H3. The van der Waals surface area contributed by atoms with E-state index in [1.165, 1.54) is 0 Å². The first-order chi connectivity index (χ1) is 5.49. The molecule has 0 spiro atoms. The summed E-state index contributed by atoms with van der Waals surface area (Å²) in [5.74, 6) is 0.0915. The quantitative estimate of drug-likeness (QED) is 0.478. The van der Waals surface area contributed by atoms with E-state index in [0.29, 0.717) is 11.5 Å². The second-order valence-corrected chi connectivity index (χ2v) is 3.38. The van der Waals surface area contributed by atoms with E-state index in [1.807, 2.05) is 20.8 Å². The zero-order valence-corrected chi connectivity index (χ0v) is 8.39. The molecule has 0 aliphatic rings. The summed E-state index contributed by atoms with van der Waals surface area (Å²) in [5, 5.41) is 0. The molecule has 0 aromatic carbocycles. The second kappa shape index (κ2) is 4.96. The highest BCUT2D eigenvalue weighted by Crippen LogP contribution is 2.11. The Kier molecular flexibility index (Phi) is 4.64. The van der Waals surface area contributed by atoms with Gasteiger partial charge in [-0.1, -0.05) is 27.4 Å². The minimum atomic E-state index is -0.282. The first-order valence-electron chi connectivity index (χ1n) is 4.35. The summed E-state index contributed by atoms with van der Waals surface area (Å²) in [6, 6.07) is 0. The SMILES string of the molecule is C=C(C)C(=O)OC(CC)C(C)C. The maximum absolute atomic E-state index is 11.1. The Hall–Kier alpha value is -0.790. The van der Waals surface area contributed by atoms with Crippen molar-refractivity contribution in [2.24, 2.45) is 5.92 Å². The lowest BCUT2D eigenvalue weighted by molar-refractivity contribution is -0.146. The Bertz CT molecular complexity index is 171. The Labute approximate surface area is 74.6 Å². The molecule has 0 aromatic heterocycles. The van der Waals surface area contributed by atoms with Crippen LogP contribution in [0, 0.1) is 5.92 Å². The molecule has 0 amide bonds. The minimum Gasteiger partial charge on any atom is -0.459 e. The molecule has 0 bridgehead atoms. The van der Waals surface area contributed by atoms with Crippen LogP contribution in [-0.2, 0) is 9.53 Å². The Balaban J connectivity index is 4.03. The van der Waals surface area contributed by atoms with E-state index < -0.39 is 0 Å². The lowest BCUT2D eigenvalue weighted by Crippen LogP contribution is -2.22. The van der Waals surface area contributed by atoms with Crippen LogP contribution in [0.2, 0.25) is 0 Å². The monoisotopic (exact) mass is 170 g/mol. The van der Waals surface area contributed by atoms with Gasteiger partial charge in [-0.2, -0.15) is 0 Å². The van der Waals surface area contributed by atoms with Crippen molar-refractivity contribution in [3.05, 3.63) is 12.2 Å². The molecule has 1 atom stereocenters. The fraction of sp³-hybridized carbons (Fsp3) is 0.700. The van der Waals surface area contributed by atoms with Gasteiger partial charge in [0, 0.05) is 5.57 Å². The minimum absolute atomic E-state index is 0.0224. The van der Waals surface area contributed by atoms with Crippen molar-refractivity contribution < 1.29 is 9.53 Å². The smallest absolute Gasteiger partial charge is 0.333 e. The van der Waals surface area contributed by atoms with Crippen LogP contribution >= 0.6 is 0 Å². The molecule has 0 N–H and O–H groups in total. The van der Waals surface area contributed by atoms with Crippen LogP contribution in [0.25, 0.3) is 0 Å². The average Bonchev–Trinajstić information content (AvgIpc) is 1.98. The van der Waals surface area contributed by atoms with Gasteiger partial charge in [0.1, 0.15) is 6.10 Å². The fourth-order valence-corrected chi connectivity index (χ4v) is 0.929. The molecule has 0 heterocycles. The molecule has 1 unspecified atom stereocenters. The van der Waals surface area contributed by atoms with E-state index in [1.54, 1.807) is 6.92 Å². The van der Waals surface area contributed by atoms with Gasteiger partial charge in [-0.05, 0) is 19.3 Å². The molecule has 0 saturated heterocycles. The molecule has 0 aromatic rings. The summed E-state index contributed by atoms with van der Waals surface area (Å²) >= 11 is 0. The summed E-state index contributed by atoms with van der Waals surface area (Å²) in [7, 11) is 0. The highest BCUT2D eigenvalue weighted by atomic mass is 16.5. The lowest BCUT2D eigenvalue weighted by Gasteiger charge is -2.19. The van der Waals surface area contributed by atoms with Crippen LogP contribution in [0.1, 0.15) is 34.1 Å². The molecule has 2 nitrogen and oxygen atoms in total. The van der Waals surface area contributed by atoms with Gasteiger partial charge in [0.25, 0.3) is 0 Å². The Morgan fingerprint density at radius 1 is 1.50 bits per heavy atom. The number of hydrogen-bond donors (Lipinski definition) is 0. The summed E-state index contributed by atoms with van der Waals surface area (Å²) in [6.45, 7) is 11.3. The molecular formula is C10H18O2. The van der Waals surface area contributed by atoms with E-state index in [4.69, 9.17) is 4.74 Å². The number of esters is 1. The zero-order chi connectivity index (χ0) is 9.72. The molecule has 0 fully saturated rings. The van der Waals surface area contributed by atoms with Crippen LogP contribution in [0.15, 0.2) is 12.2 Å². The number of carbonyl (C=O) groups is 1. The predicted octanol–water partition coefficient (Wildman–Crippen LogP) is 2.54. The second-order valence-electron chi connectivity index (χ2n) is 3.38. The summed E-state index contributed by atoms with van der Waals surface area (Å²) in [5.41, 5.74) is 0.467.